The van der Waals surface area contributed by atoms with E-state index in [1.807, 2.05) is 30.3 Å². The largest absolute Gasteiger partial charge is 0.480 e. The highest BCUT2D eigenvalue weighted by atomic mass is 16.4. The number of rotatable bonds is 7. The lowest BCUT2D eigenvalue weighted by molar-refractivity contribution is -0.139. The smallest absolute Gasteiger partial charge is 0.320 e. The van der Waals surface area contributed by atoms with Crippen LogP contribution in [0.25, 0.3) is 0 Å². The summed E-state index contributed by atoms with van der Waals surface area (Å²) in [6, 6.07) is 8.25. The highest BCUT2D eigenvalue weighted by Crippen LogP contribution is 2.05. The molecule has 1 aromatic rings. The van der Waals surface area contributed by atoms with E-state index < -0.39 is 24.0 Å². The summed E-state index contributed by atoms with van der Waals surface area (Å²) < 4.78 is 0. The van der Waals surface area contributed by atoms with Gasteiger partial charge >= 0.3 is 5.97 Å². The molecular weight excluding hydrogens is 232 g/mol. The maximum Gasteiger partial charge on any atom is 0.320 e. The third kappa shape index (κ3) is 4.55. The maximum atomic E-state index is 11.2. The molecule has 0 saturated heterocycles. The fourth-order valence-electron chi connectivity index (χ4n) is 1.64. The Kier molecular flexibility index (Phi) is 5.32. The highest BCUT2D eigenvalue weighted by Gasteiger charge is 2.20. The molecule has 2 atom stereocenters. The van der Waals surface area contributed by atoms with Gasteiger partial charge in [0, 0.05) is 0 Å². The molecule has 98 valence electrons. The van der Waals surface area contributed by atoms with Crippen molar-refractivity contribution in [2.24, 2.45) is 5.73 Å². The van der Waals surface area contributed by atoms with Crippen molar-refractivity contribution in [2.75, 3.05) is 0 Å². The van der Waals surface area contributed by atoms with Crippen molar-refractivity contribution in [1.82, 2.24) is 5.32 Å². The van der Waals surface area contributed by atoms with Gasteiger partial charge in [-0.3, -0.25) is 14.9 Å². The molecule has 0 radical (unpaired) electrons. The van der Waals surface area contributed by atoms with Gasteiger partial charge in [0.25, 0.3) is 0 Å². The van der Waals surface area contributed by atoms with Crippen LogP contribution in [0.4, 0.5) is 0 Å². The van der Waals surface area contributed by atoms with Gasteiger partial charge in [-0.05, 0) is 25.3 Å². The topological polar surface area (TPSA) is 92.4 Å². The number of primary amides is 1. The monoisotopic (exact) mass is 250 g/mol. The summed E-state index contributed by atoms with van der Waals surface area (Å²) in [5.74, 6) is -1.53. The van der Waals surface area contributed by atoms with Crippen LogP contribution in [-0.2, 0) is 16.0 Å². The summed E-state index contributed by atoms with van der Waals surface area (Å²) in [6.45, 7) is 1.49. The number of carbonyl (C=O) groups is 2. The van der Waals surface area contributed by atoms with E-state index in [2.05, 4.69) is 5.32 Å². The van der Waals surface area contributed by atoms with Crippen LogP contribution in [0.1, 0.15) is 18.9 Å². The minimum absolute atomic E-state index is 0.483. The molecule has 0 saturated carbocycles. The minimum atomic E-state index is -0.999. The van der Waals surface area contributed by atoms with Crippen LogP contribution in [0.3, 0.4) is 0 Å². The first-order chi connectivity index (χ1) is 8.50. The van der Waals surface area contributed by atoms with E-state index in [1.165, 1.54) is 6.92 Å². The van der Waals surface area contributed by atoms with E-state index in [0.29, 0.717) is 12.8 Å². The molecule has 0 spiro atoms. The zero-order valence-electron chi connectivity index (χ0n) is 10.3. The summed E-state index contributed by atoms with van der Waals surface area (Å²) in [6.07, 6.45) is 1.16. The molecule has 0 aliphatic heterocycles. The van der Waals surface area contributed by atoms with E-state index >= 15 is 0 Å². The molecule has 0 bridgehead atoms. The van der Waals surface area contributed by atoms with Crippen LogP contribution in [0, 0.1) is 0 Å². The average molecular weight is 250 g/mol. The third-order valence-corrected chi connectivity index (χ3v) is 2.73. The highest BCUT2D eigenvalue weighted by molar-refractivity contribution is 5.81. The molecule has 1 aromatic carbocycles. The lowest BCUT2D eigenvalue weighted by Crippen LogP contribution is -2.48. The van der Waals surface area contributed by atoms with Crippen LogP contribution >= 0.6 is 0 Å². The molecule has 1 unspecified atom stereocenters. The lowest BCUT2D eigenvalue weighted by atomic mass is 10.0. The number of aryl methyl sites for hydroxylation is 1. The number of hydrogen-bond acceptors (Lipinski definition) is 3. The van der Waals surface area contributed by atoms with Gasteiger partial charge in [-0.15, -0.1) is 0 Å². The SMILES string of the molecule is C[C@H](NC(CCc1ccccc1)C(N)=O)C(=O)O. The molecule has 0 fully saturated rings. The fraction of sp³-hybridized carbons (Fsp3) is 0.385. The molecule has 0 heterocycles. The van der Waals surface area contributed by atoms with Crippen LogP contribution < -0.4 is 11.1 Å². The first kappa shape index (κ1) is 14.2. The van der Waals surface area contributed by atoms with Gasteiger partial charge in [-0.25, -0.2) is 0 Å². The summed E-state index contributed by atoms with van der Waals surface area (Å²) in [5.41, 5.74) is 6.35. The Morgan fingerprint density at radius 3 is 2.44 bits per heavy atom. The fourth-order valence-corrected chi connectivity index (χ4v) is 1.64. The predicted molar refractivity (Wildman–Crippen MR) is 68.0 cm³/mol. The number of nitrogens with one attached hydrogen (secondary N) is 1. The zero-order chi connectivity index (χ0) is 13.5. The number of carboxylic acids is 1. The Balaban J connectivity index is 2.53. The van der Waals surface area contributed by atoms with Crippen molar-refractivity contribution < 1.29 is 14.7 Å². The quantitative estimate of drug-likeness (QED) is 0.658. The predicted octanol–water partition coefficient (Wildman–Crippen LogP) is 0.536. The van der Waals surface area contributed by atoms with Gasteiger partial charge < -0.3 is 10.8 Å². The molecular formula is C13H18N2O3. The van der Waals surface area contributed by atoms with Gasteiger partial charge in [0.2, 0.25) is 5.91 Å². The van der Waals surface area contributed by atoms with Crippen molar-refractivity contribution in [3.8, 4) is 0 Å². The Hall–Kier alpha value is -1.88. The van der Waals surface area contributed by atoms with E-state index in [0.717, 1.165) is 5.56 Å². The van der Waals surface area contributed by atoms with Crippen LogP contribution in [0.5, 0.6) is 0 Å². The van der Waals surface area contributed by atoms with Crippen LogP contribution in [0.2, 0.25) is 0 Å². The maximum absolute atomic E-state index is 11.2. The van der Waals surface area contributed by atoms with Gasteiger partial charge in [0.1, 0.15) is 6.04 Å². The van der Waals surface area contributed by atoms with E-state index in [-0.39, 0.29) is 0 Å². The number of benzene rings is 1. The Morgan fingerprint density at radius 1 is 1.33 bits per heavy atom. The van der Waals surface area contributed by atoms with Crippen molar-refractivity contribution in [3.05, 3.63) is 35.9 Å². The Labute approximate surface area is 106 Å². The van der Waals surface area contributed by atoms with Gasteiger partial charge in [-0.2, -0.15) is 0 Å². The van der Waals surface area contributed by atoms with E-state index in [9.17, 15) is 9.59 Å². The second kappa shape index (κ2) is 6.76. The van der Waals surface area contributed by atoms with E-state index in [4.69, 9.17) is 10.8 Å². The van der Waals surface area contributed by atoms with Crippen molar-refractivity contribution in [1.29, 1.82) is 0 Å². The zero-order valence-corrected chi connectivity index (χ0v) is 10.3. The van der Waals surface area contributed by atoms with Crippen molar-refractivity contribution in [3.63, 3.8) is 0 Å². The summed E-state index contributed by atoms with van der Waals surface area (Å²) in [4.78, 5) is 22.0. The van der Waals surface area contributed by atoms with Crippen molar-refractivity contribution in [2.45, 2.75) is 31.8 Å². The molecule has 0 aromatic heterocycles. The van der Waals surface area contributed by atoms with Gasteiger partial charge in [0.15, 0.2) is 0 Å². The molecule has 0 aliphatic carbocycles. The number of carbonyl (C=O) groups excluding carboxylic acids is 1. The number of aliphatic carboxylic acids is 1. The Bertz CT molecular complexity index is 406. The average Bonchev–Trinajstić information content (AvgIpc) is 2.34. The van der Waals surface area contributed by atoms with Crippen molar-refractivity contribution >= 4 is 11.9 Å². The number of hydrogen-bond donors (Lipinski definition) is 3. The number of amides is 1. The summed E-state index contributed by atoms with van der Waals surface area (Å²) in [5, 5.41) is 11.5. The van der Waals surface area contributed by atoms with Gasteiger partial charge in [0.05, 0.1) is 6.04 Å². The molecule has 1 amide bonds. The van der Waals surface area contributed by atoms with Crippen LogP contribution in [-0.4, -0.2) is 29.1 Å². The molecule has 0 aliphatic rings. The number of nitrogens with two attached hydrogens (primary N) is 1. The summed E-state index contributed by atoms with van der Waals surface area (Å²) >= 11 is 0. The standard InChI is InChI=1S/C13H18N2O3/c1-9(13(17)18)15-11(12(14)16)8-7-10-5-3-2-4-6-10/h2-6,9,11,15H,7-8H2,1H3,(H2,14,16)(H,17,18)/t9-,11?/m0/s1. The molecule has 4 N–H and O–H groups in total. The number of carboxylic acid groups (broad SMARTS) is 1. The normalized spacial score (nSPS) is 13.8. The second-order valence-corrected chi connectivity index (χ2v) is 4.21. The summed E-state index contributed by atoms with van der Waals surface area (Å²) in [7, 11) is 0. The first-order valence-corrected chi connectivity index (χ1v) is 5.83. The van der Waals surface area contributed by atoms with E-state index in [1.54, 1.807) is 0 Å². The molecule has 1 rings (SSSR count). The molecule has 18 heavy (non-hydrogen) atoms. The third-order valence-electron chi connectivity index (χ3n) is 2.73. The lowest BCUT2D eigenvalue weighted by Gasteiger charge is -2.18. The van der Waals surface area contributed by atoms with Gasteiger partial charge in [-0.1, -0.05) is 30.3 Å². The Morgan fingerprint density at radius 2 is 1.94 bits per heavy atom. The molecule has 5 nitrogen and oxygen atoms in total. The minimum Gasteiger partial charge on any atom is -0.480 e. The van der Waals surface area contributed by atoms with Crippen LogP contribution in [0.15, 0.2) is 30.3 Å². The first-order valence-electron chi connectivity index (χ1n) is 5.83. The molecule has 5 heteroatoms. The second-order valence-electron chi connectivity index (χ2n) is 4.21.